The Kier molecular flexibility index (Phi) is 2.84. The quantitative estimate of drug-likeness (QED) is 0.656. The van der Waals surface area contributed by atoms with Crippen molar-refractivity contribution in [2.75, 3.05) is 5.88 Å². The largest absolute Gasteiger partial charge is 0.391 e. The van der Waals surface area contributed by atoms with E-state index in [1.54, 1.807) is 13.2 Å². The molecule has 0 amide bonds. The molecule has 1 aromatic heterocycles. The molecule has 62 valence electrons. The predicted molar refractivity (Wildman–Crippen MR) is 41.4 cm³/mol. The molecule has 0 aliphatic carbocycles. The average Bonchev–Trinajstić information content (AvgIpc) is 2.35. The van der Waals surface area contributed by atoms with Crippen LogP contribution in [0.4, 0.5) is 0 Å². The van der Waals surface area contributed by atoms with Gasteiger partial charge >= 0.3 is 0 Å². The summed E-state index contributed by atoms with van der Waals surface area (Å²) in [5, 5.41) is 17.0. The minimum atomic E-state index is -0.520. The molecule has 0 saturated heterocycles. The third kappa shape index (κ3) is 2.48. The van der Waals surface area contributed by atoms with Crippen LogP contribution < -0.4 is 0 Å². The molecule has 0 aromatic carbocycles. The summed E-state index contributed by atoms with van der Waals surface area (Å²) in [7, 11) is 1.73. The first kappa shape index (κ1) is 8.49. The zero-order valence-corrected chi connectivity index (χ0v) is 6.99. The average molecular weight is 176 g/mol. The van der Waals surface area contributed by atoms with Crippen molar-refractivity contribution >= 4 is 11.6 Å². The molecule has 1 aromatic rings. The molecule has 1 heterocycles. The Hall–Kier alpha value is -0.610. The highest BCUT2D eigenvalue weighted by atomic mass is 35.5. The Labute approximate surface area is 69.8 Å². The number of aromatic nitrogens is 3. The number of nitrogens with zero attached hydrogens (tertiary/aromatic N) is 3. The molecular weight excluding hydrogens is 166 g/mol. The lowest BCUT2D eigenvalue weighted by Crippen LogP contribution is -2.12. The van der Waals surface area contributed by atoms with Crippen molar-refractivity contribution in [3.63, 3.8) is 0 Å². The molecule has 0 fully saturated rings. The summed E-state index contributed by atoms with van der Waals surface area (Å²) in [6, 6.07) is 0. The number of alkyl halides is 1. The van der Waals surface area contributed by atoms with Gasteiger partial charge in [0.2, 0.25) is 0 Å². The fourth-order valence-electron chi connectivity index (χ4n) is 0.777. The van der Waals surface area contributed by atoms with E-state index < -0.39 is 6.10 Å². The smallest absolute Gasteiger partial charge is 0.0853 e. The maximum Gasteiger partial charge on any atom is 0.0853 e. The second-order valence-corrected chi connectivity index (χ2v) is 2.65. The van der Waals surface area contributed by atoms with Crippen LogP contribution in [-0.4, -0.2) is 32.1 Å². The van der Waals surface area contributed by atoms with Crippen molar-refractivity contribution in [2.24, 2.45) is 7.05 Å². The Balaban J connectivity index is 2.50. The topological polar surface area (TPSA) is 50.9 Å². The maximum absolute atomic E-state index is 9.11. The minimum absolute atomic E-state index is 0.233. The van der Waals surface area contributed by atoms with Crippen molar-refractivity contribution in [1.82, 2.24) is 15.0 Å². The van der Waals surface area contributed by atoms with Gasteiger partial charge in [0.15, 0.2) is 0 Å². The van der Waals surface area contributed by atoms with E-state index in [4.69, 9.17) is 16.7 Å². The summed E-state index contributed by atoms with van der Waals surface area (Å²) in [4.78, 5) is 1.45. The number of hydrogen-bond donors (Lipinski definition) is 1. The molecule has 1 atom stereocenters. The Morgan fingerprint density at radius 1 is 1.82 bits per heavy atom. The van der Waals surface area contributed by atoms with Crippen LogP contribution in [-0.2, 0) is 13.5 Å². The zero-order chi connectivity index (χ0) is 8.27. The van der Waals surface area contributed by atoms with Gasteiger partial charge in [-0.25, -0.2) is 0 Å². The highest BCUT2D eigenvalue weighted by molar-refractivity contribution is 6.18. The van der Waals surface area contributed by atoms with Crippen LogP contribution in [0.25, 0.3) is 0 Å². The lowest BCUT2D eigenvalue weighted by Gasteiger charge is -2.01. The Morgan fingerprint density at radius 2 is 2.55 bits per heavy atom. The van der Waals surface area contributed by atoms with Gasteiger partial charge in [0.05, 0.1) is 18.0 Å². The van der Waals surface area contributed by atoms with E-state index in [1.807, 2.05) is 0 Å². The highest BCUT2D eigenvalue weighted by Crippen LogP contribution is 1.98. The van der Waals surface area contributed by atoms with Crippen LogP contribution in [0.15, 0.2) is 6.20 Å². The van der Waals surface area contributed by atoms with Crippen molar-refractivity contribution in [3.05, 3.63) is 11.9 Å². The molecule has 0 saturated carbocycles. The number of aliphatic hydroxyl groups is 1. The van der Waals surface area contributed by atoms with Gasteiger partial charge in [-0.1, -0.05) is 0 Å². The SMILES string of the molecule is Cn1ncc(CC(O)CCl)n1. The Morgan fingerprint density at radius 3 is 3.00 bits per heavy atom. The van der Waals surface area contributed by atoms with E-state index in [9.17, 15) is 0 Å². The van der Waals surface area contributed by atoms with E-state index in [2.05, 4.69) is 10.2 Å². The molecule has 0 aliphatic heterocycles. The first-order valence-corrected chi connectivity index (χ1v) is 3.85. The van der Waals surface area contributed by atoms with E-state index in [0.717, 1.165) is 5.69 Å². The zero-order valence-electron chi connectivity index (χ0n) is 6.24. The molecule has 0 bridgehead atoms. The van der Waals surface area contributed by atoms with Crippen molar-refractivity contribution in [1.29, 1.82) is 0 Å². The van der Waals surface area contributed by atoms with Gasteiger partial charge in [0.1, 0.15) is 0 Å². The normalized spacial score (nSPS) is 13.4. The number of hydrogen-bond acceptors (Lipinski definition) is 3. The summed E-state index contributed by atoms with van der Waals surface area (Å²) in [6.45, 7) is 0. The summed E-state index contributed by atoms with van der Waals surface area (Å²) >= 11 is 5.40. The first-order valence-electron chi connectivity index (χ1n) is 3.31. The number of aliphatic hydroxyl groups excluding tert-OH is 1. The van der Waals surface area contributed by atoms with E-state index in [0.29, 0.717) is 6.42 Å². The maximum atomic E-state index is 9.11. The highest BCUT2D eigenvalue weighted by Gasteiger charge is 2.05. The molecule has 0 spiro atoms. The first-order chi connectivity index (χ1) is 5.22. The molecule has 5 heteroatoms. The summed E-state index contributed by atoms with van der Waals surface area (Å²) in [5.74, 6) is 0.233. The fraction of sp³-hybridized carbons (Fsp3) is 0.667. The lowest BCUT2D eigenvalue weighted by molar-refractivity contribution is 0.197. The standard InChI is InChI=1S/C6H10ClN3O/c1-10-8-4-5(9-10)2-6(11)3-7/h4,6,11H,2-3H2,1H3. The van der Waals surface area contributed by atoms with Crippen molar-refractivity contribution < 1.29 is 5.11 Å². The van der Waals surface area contributed by atoms with Crippen LogP contribution in [0.5, 0.6) is 0 Å². The van der Waals surface area contributed by atoms with Crippen molar-refractivity contribution in [3.8, 4) is 0 Å². The van der Waals surface area contributed by atoms with Gasteiger partial charge in [0.25, 0.3) is 0 Å². The molecule has 1 unspecified atom stereocenters. The molecule has 1 rings (SSSR count). The van der Waals surface area contributed by atoms with Gasteiger partial charge in [-0.2, -0.15) is 15.0 Å². The van der Waals surface area contributed by atoms with Crippen LogP contribution in [0, 0.1) is 0 Å². The van der Waals surface area contributed by atoms with E-state index in [-0.39, 0.29) is 5.88 Å². The van der Waals surface area contributed by atoms with Gasteiger partial charge in [0, 0.05) is 19.3 Å². The van der Waals surface area contributed by atoms with Gasteiger partial charge in [-0.15, -0.1) is 11.6 Å². The van der Waals surface area contributed by atoms with Gasteiger partial charge < -0.3 is 5.11 Å². The van der Waals surface area contributed by atoms with Gasteiger partial charge in [-0.3, -0.25) is 0 Å². The second kappa shape index (κ2) is 3.69. The minimum Gasteiger partial charge on any atom is -0.391 e. The molecule has 1 N–H and O–H groups in total. The number of aryl methyl sites for hydroxylation is 1. The third-order valence-corrected chi connectivity index (χ3v) is 1.63. The number of halogens is 1. The summed E-state index contributed by atoms with van der Waals surface area (Å²) in [5.41, 5.74) is 0.764. The van der Waals surface area contributed by atoms with Crippen LogP contribution in [0.2, 0.25) is 0 Å². The van der Waals surface area contributed by atoms with Crippen molar-refractivity contribution in [2.45, 2.75) is 12.5 Å². The predicted octanol–water partition coefficient (Wildman–Crippen LogP) is -0.0427. The van der Waals surface area contributed by atoms with Crippen LogP contribution in [0.1, 0.15) is 5.69 Å². The second-order valence-electron chi connectivity index (χ2n) is 2.34. The molecule has 0 aliphatic rings. The lowest BCUT2D eigenvalue weighted by atomic mass is 10.2. The van der Waals surface area contributed by atoms with Crippen LogP contribution in [0.3, 0.4) is 0 Å². The molecule has 4 nitrogen and oxygen atoms in total. The molecule has 11 heavy (non-hydrogen) atoms. The third-order valence-electron chi connectivity index (χ3n) is 1.27. The summed E-state index contributed by atoms with van der Waals surface area (Å²) in [6.07, 6.45) is 1.57. The molecular formula is C6H10ClN3O. The van der Waals surface area contributed by atoms with Crippen LogP contribution >= 0.6 is 11.6 Å². The Bertz CT molecular complexity index is 225. The number of rotatable bonds is 3. The monoisotopic (exact) mass is 175 g/mol. The van der Waals surface area contributed by atoms with Gasteiger partial charge in [-0.05, 0) is 0 Å². The fourth-order valence-corrected chi connectivity index (χ4v) is 0.886. The van der Waals surface area contributed by atoms with E-state index >= 15 is 0 Å². The van der Waals surface area contributed by atoms with E-state index in [1.165, 1.54) is 4.80 Å². The summed E-state index contributed by atoms with van der Waals surface area (Å²) < 4.78 is 0. The molecule has 0 radical (unpaired) electrons.